The minimum atomic E-state index is -4.52. The second kappa shape index (κ2) is 9.76. The van der Waals surface area contributed by atoms with Crippen LogP contribution in [0.3, 0.4) is 0 Å². The summed E-state index contributed by atoms with van der Waals surface area (Å²) < 4.78 is 40.8. The largest absolute Gasteiger partial charge is 0.416 e. The first kappa shape index (κ1) is 23.6. The summed E-state index contributed by atoms with van der Waals surface area (Å²) in [6, 6.07) is 17.1. The van der Waals surface area contributed by atoms with Crippen molar-refractivity contribution in [2.45, 2.75) is 13.1 Å². The average Bonchev–Trinajstić information content (AvgIpc) is 2.84. The van der Waals surface area contributed by atoms with Gasteiger partial charge >= 0.3 is 6.18 Å². The number of aliphatic imine (C=N–C) groups is 1. The monoisotopic (exact) mass is 475 g/mol. The van der Waals surface area contributed by atoms with E-state index in [9.17, 15) is 18.0 Å². The lowest BCUT2D eigenvalue weighted by Gasteiger charge is -2.12. The van der Waals surface area contributed by atoms with Crippen LogP contribution in [0.25, 0.3) is 16.9 Å². The van der Waals surface area contributed by atoms with Crippen LogP contribution in [-0.4, -0.2) is 20.5 Å². The number of hydrogen-bond donors (Lipinski definition) is 1. The van der Waals surface area contributed by atoms with Gasteiger partial charge in [0.25, 0.3) is 0 Å². The Hall–Kier alpha value is -4.53. The molecule has 0 aliphatic rings. The van der Waals surface area contributed by atoms with Crippen LogP contribution in [-0.2, 0) is 6.18 Å². The van der Waals surface area contributed by atoms with Crippen LogP contribution in [0.4, 0.5) is 18.9 Å². The average molecular weight is 475 g/mol. The molecule has 0 unspecified atom stereocenters. The molecule has 0 fully saturated rings. The predicted molar refractivity (Wildman–Crippen MR) is 129 cm³/mol. The van der Waals surface area contributed by atoms with E-state index in [0.717, 1.165) is 35.2 Å². The molecule has 0 saturated heterocycles. The highest BCUT2D eigenvalue weighted by molar-refractivity contribution is 6.08. The number of benzene rings is 2. The molecule has 0 aliphatic carbocycles. The van der Waals surface area contributed by atoms with Gasteiger partial charge in [-0.2, -0.15) is 18.3 Å². The van der Waals surface area contributed by atoms with Gasteiger partial charge in [0.1, 0.15) is 0 Å². The molecule has 0 aliphatic heterocycles. The number of alkyl halides is 3. The van der Waals surface area contributed by atoms with Crippen molar-refractivity contribution in [2.24, 2.45) is 10.7 Å². The maximum atomic E-state index is 13.1. The van der Waals surface area contributed by atoms with Gasteiger partial charge in [0.2, 0.25) is 5.43 Å². The van der Waals surface area contributed by atoms with E-state index in [1.807, 2.05) is 43.3 Å². The molecule has 176 valence electrons. The summed E-state index contributed by atoms with van der Waals surface area (Å²) in [4.78, 5) is 21.2. The lowest BCUT2D eigenvalue weighted by atomic mass is 10.1. The number of rotatable bonds is 5. The molecule has 35 heavy (non-hydrogen) atoms. The Balaban J connectivity index is 1.77. The Morgan fingerprint density at radius 3 is 2.57 bits per heavy atom. The number of hydrogen-bond acceptors (Lipinski definition) is 5. The van der Waals surface area contributed by atoms with Crippen LogP contribution in [0, 0.1) is 6.92 Å². The number of aryl methyl sites for hydroxylation is 1. The Morgan fingerprint density at radius 1 is 1.06 bits per heavy atom. The van der Waals surface area contributed by atoms with E-state index in [1.54, 1.807) is 6.20 Å². The van der Waals surface area contributed by atoms with Crippen LogP contribution in [0.5, 0.6) is 0 Å². The molecule has 2 heterocycles. The van der Waals surface area contributed by atoms with E-state index in [-0.39, 0.29) is 17.1 Å². The van der Waals surface area contributed by atoms with E-state index in [0.29, 0.717) is 5.69 Å². The topological polar surface area (TPSA) is 86.2 Å². The summed E-state index contributed by atoms with van der Waals surface area (Å²) in [5.41, 5.74) is 7.55. The van der Waals surface area contributed by atoms with Crippen LogP contribution in [0.2, 0.25) is 0 Å². The summed E-state index contributed by atoms with van der Waals surface area (Å²) in [6.45, 7) is 1.90. The van der Waals surface area contributed by atoms with Crippen molar-refractivity contribution in [1.82, 2.24) is 14.8 Å². The fourth-order valence-corrected chi connectivity index (χ4v) is 3.48. The first-order valence-corrected chi connectivity index (χ1v) is 10.5. The number of halogens is 3. The molecule has 2 aromatic heterocycles. The third kappa shape index (κ3) is 5.35. The van der Waals surface area contributed by atoms with Crippen molar-refractivity contribution < 1.29 is 13.2 Å². The summed E-state index contributed by atoms with van der Waals surface area (Å²) in [7, 11) is 0. The normalized spacial score (nSPS) is 12.3. The van der Waals surface area contributed by atoms with Crippen LogP contribution in [0.1, 0.15) is 16.8 Å². The van der Waals surface area contributed by atoms with Crippen molar-refractivity contribution in [3.05, 3.63) is 118 Å². The fourth-order valence-electron chi connectivity index (χ4n) is 3.48. The maximum absolute atomic E-state index is 13.1. The molecule has 0 spiro atoms. The highest BCUT2D eigenvalue weighted by atomic mass is 19.4. The zero-order chi connectivity index (χ0) is 25.0. The summed E-state index contributed by atoms with van der Waals surface area (Å²) in [5.74, 6) is 0. The zero-order valence-electron chi connectivity index (χ0n) is 18.6. The molecular formula is C26H20F3N5O. The van der Waals surface area contributed by atoms with Gasteiger partial charge in [-0.1, -0.05) is 18.2 Å². The second-order valence-corrected chi connectivity index (χ2v) is 7.59. The van der Waals surface area contributed by atoms with Gasteiger partial charge in [-0.15, -0.1) is 0 Å². The first-order chi connectivity index (χ1) is 16.8. The van der Waals surface area contributed by atoms with E-state index in [2.05, 4.69) is 15.1 Å². The first-order valence-electron chi connectivity index (χ1n) is 10.5. The van der Waals surface area contributed by atoms with Gasteiger partial charge in [0.15, 0.2) is 5.69 Å². The van der Waals surface area contributed by atoms with E-state index < -0.39 is 17.2 Å². The van der Waals surface area contributed by atoms with Gasteiger partial charge in [-0.3, -0.25) is 9.78 Å². The van der Waals surface area contributed by atoms with Gasteiger partial charge in [0, 0.05) is 24.0 Å². The van der Waals surface area contributed by atoms with Gasteiger partial charge < -0.3 is 5.73 Å². The molecule has 9 heteroatoms. The molecule has 6 nitrogen and oxygen atoms in total. The molecule has 0 radical (unpaired) electrons. The van der Waals surface area contributed by atoms with Crippen LogP contribution in [0.15, 0.2) is 101 Å². The standard InChI is InChI=1S/C26H20F3N5O/c1-17-15-18(21-7-2-3-13-31-21)8-9-23(17)34-14-11-24(35)25(33-34)22(10-12-30)32-20-6-4-5-19(16-20)26(27,28)29/h2-16H,30H2,1H3. The summed E-state index contributed by atoms with van der Waals surface area (Å²) in [6.07, 6.45) is 1.18. The van der Waals surface area contributed by atoms with Crippen molar-refractivity contribution in [3.63, 3.8) is 0 Å². The molecule has 4 rings (SSSR count). The highest BCUT2D eigenvalue weighted by Crippen LogP contribution is 2.31. The van der Waals surface area contributed by atoms with Crippen molar-refractivity contribution in [3.8, 4) is 16.9 Å². The van der Waals surface area contributed by atoms with Gasteiger partial charge in [-0.05, 0) is 67.2 Å². The Bertz CT molecular complexity index is 1470. The van der Waals surface area contributed by atoms with E-state index in [1.165, 1.54) is 35.2 Å². The molecule has 0 saturated carbocycles. The predicted octanol–water partition coefficient (Wildman–Crippen LogP) is 5.21. The minimum Gasteiger partial charge on any atom is -0.405 e. The lowest BCUT2D eigenvalue weighted by Crippen LogP contribution is -2.20. The number of nitrogens with two attached hydrogens (primary N) is 1. The lowest BCUT2D eigenvalue weighted by molar-refractivity contribution is -0.137. The van der Waals surface area contributed by atoms with Crippen molar-refractivity contribution >= 4 is 11.4 Å². The van der Waals surface area contributed by atoms with E-state index >= 15 is 0 Å². The SMILES string of the molecule is Cc1cc(-c2ccccn2)ccc1-n1ccc(=O)c(C(C=CN)=Nc2cccc(C(F)(F)F)c2)n1. The smallest absolute Gasteiger partial charge is 0.405 e. The molecule has 2 aromatic carbocycles. The Morgan fingerprint density at radius 2 is 1.89 bits per heavy atom. The number of pyridine rings is 1. The molecule has 0 atom stereocenters. The molecule has 0 amide bonds. The van der Waals surface area contributed by atoms with Crippen LogP contribution >= 0.6 is 0 Å². The minimum absolute atomic E-state index is 0.0143. The number of aromatic nitrogens is 3. The van der Waals surface area contributed by atoms with Gasteiger partial charge in [-0.25, -0.2) is 9.67 Å². The molecular weight excluding hydrogens is 455 g/mol. The van der Waals surface area contributed by atoms with Crippen LogP contribution < -0.4 is 11.2 Å². The number of allylic oxidation sites excluding steroid dienone is 1. The summed E-state index contributed by atoms with van der Waals surface area (Å²) >= 11 is 0. The third-order valence-corrected chi connectivity index (χ3v) is 5.13. The zero-order valence-corrected chi connectivity index (χ0v) is 18.6. The van der Waals surface area contributed by atoms with Crippen molar-refractivity contribution in [1.29, 1.82) is 0 Å². The molecule has 4 aromatic rings. The molecule has 2 N–H and O–H groups in total. The fraction of sp³-hybridized carbons (Fsp3) is 0.0769. The Labute approximate surface area is 198 Å². The second-order valence-electron chi connectivity index (χ2n) is 7.59. The third-order valence-electron chi connectivity index (χ3n) is 5.13. The highest BCUT2D eigenvalue weighted by Gasteiger charge is 2.30. The quantitative estimate of drug-likeness (QED) is 0.401. The van der Waals surface area contributed by atoms with E-state index in [4.69, 9.17) is 5.73 Å². The summed E-state index contributed by atoms with van der Waals surface area (Å²) in [5, 5.41) is 4.42. The van der Waals surface area contributed by atoms with Crippen molar-refractivity contribution in [2.75, 3.05) is 0 Å². The van der Waals surface area contributed by atoms with Gasteiger partial charge in [0.05, 0.1) is 28.3 Å². The maximum Gasteiger partial charge on any atom is 0.416 e. The molecule has 0 bridgehead atoms. The Kier molecular flexibility index (Phi) is 6.59. The number of nitrogens with zero attached hydrogens (tertiary/aromatic N) is 4.